The molecule has 1 aromatic carbocycles. The predicted octanol–water partition coefficient (Wildman–Crippen LogP) is 3.84. The number of pyridine rings is 1. The fraction of sp³-hybridized carbons (Fsp3) is 0.400. The Balaban J connectivity index is 1.56. The van der Waals surface area contributed by atoms with E-state index in [9.17, 15) is 18.0 Å². The average molecular weight is 375 g/mol. The van der Waals surface area contributed by atoms with Gasteiger partial charge in [0.05, 0.1) is 22.8 Å². The maximum Gasteiger partial charge on any atom is 0.416 e. The van der Waals surface area contributed by atoms with Gasteiger partial charge in [-0.05, 0) is 61.1 Å². The molecule has 142 valence electrons. The van der Waals surface area contributed by atoms with Crippen LogP contribution in [0.4, 0.5) is 13.2 Å². The molecule has 1 amide bonds. The zero-order chi connectivity index (χ0) is 19.1. The average Bonchev–Trinajstić information content (AvgIpc) is 3.09. The van der Waals surface area contributed by atoms with Crippen LogP contribution in [-0.4, -0.2) is 23.0 Å². The summed E-state index contributed by atoms with van der Waals surface area (Å²) in [7, 11) is 0. The van der Waals surface area contributed by atoms with E-state index in [-0.39, 0.29) is 11.9 Å². The van der Waals surface area contributed by atoms with Crippen molar-refractivity contribution in [1.82, 2.24) is 15.6 Å². The van der Waals surface area contributed by atoms with Crippen LogP contribution in [0.2, 0.25) is 0 Å². The summed E-state index contributed by atoms with van der Waals surface area (Å²) in [5, 5.41) is 6.38. The molecular formula is C20H20F3N3O. The van der Waals surface area contributed by atoms with Crippen LogP contribution in [0.25, 0.3) is 11.1 Å². The van der Waals surface area contributed by atoms with Crippen LogP contribution >= 0.6 is 0 Å². The lowest BCUT2D eigenvalue weighted by molar-refractivity contribution is -0.137. The van der Waals surface area contributed by atoms with Crippen LogP contribution in [0.15, 0.2) is 42.6 Å². The SMILES string of the molecule is O=C1NCCC[C@]12CC[C@H](c1cc(-c3ccc(C(F)(F)F)cc3)ccn1)N2. The first-order valence-corrected chi connectivity index (χ1v) is 9.07. The summed E-state index contributed by atoms with van der Waals surface area (Å²) in [6.07, 6.45) is 0.644. The number of amides is 1. The van der Waals surface area contributed by atoms with Gasteiger partial charge in [-0.1, -0.05) is 12.1 Å². The molecular weight excluding hydrogens is 355 g/mol. The number of halogens is 3. The number of piperidine rings is 1. The van der Waals surface area contributed by atoms with Crippen LogP contribution in [0.1, 0.15) is 43.0 Å². The van der Waals surface area contributed by atoms with Gasteiger partial charge < -0.3 is 5.32 Å². The third-order valence-electron chi connectivity index (χ3n) is 5.49. The van der Waals surface area contributed by atoms with E-state index in [1.165, 1.54) is 12.1 Å². The number of nitrogens with one attached hydrogen (secondary N) is 2. The molecule has 2 N–H and O–H groups in total. The summed E-state index contributed by atoms with van der Waals surface area (Å²) in [6.45, 7) is 0.717. The summed E-state index contributed by atoms with van der Waals surface area (Å²) in [6, 6.07) is 8.75. The molecule has 7 heteroatoms. The van der Waals surface area contributed by atoms with Gasteiger partial charge in [-0.3, -0.25) is 15.1 Å². The molecule has 2 saturated heterocycles. The van der Waals surface area contributed by atoms with E-state index in [1.54, 1.807) is 12.3 Å². The van der Waals surface area contributed by atoms with Gasteiger partial charge in [-0.2, -0.15) is 13.2 Å². The van der Waals surface area contributed by atoms with Crippen LogP contribution in [0.3, 0.4) is 0 Å². The Bertz CT molecular complexity index is 850. The van der Waals surface area contributed by atoms with Gasteiger partial charge in [0.1, 0.15) is 0 Å². The second-order valence-electron chi connectivity index (χ2n) is 7.22. The Hall–Kier alpha value is -2.41. The molecule has 0 unspecified atom stereocenters. The molecule has 2 fully saturated rings. The van der Waals surface area contributed by atoms with E-state index in [0.29, 0.717) is 12.1 Å². The van der Waals surface area contributed by atoms with Crippen molar-refractivity contribution in [3.05, 3.63) is 53.9 Å². The first-order chi connectivity index (χ1) is 12.9. The second-order valence-corrected chi connectivity index (χ2v) is 7.22. The third kappa shape index (κ3) is 3.43. The van der Waals surface area contributed by atoms with Crippen LogP contribution in [0.5, 0.6) is 0 Å². The van der Waals surface area contributed by atoms with Gasteiger partial charge in [0.2, 0.25) is 5.91 Å². The van der Waals surface area contributed by atoms with Crippen LogP contribution in [0, 0.1) is 0 Å². The molecule has 0 radical (unpaired) electrons. The quantitative estimate of drug-likeness (QED) is 0.839. The van der Waals surface area contributed by atoms with Crippen molar-refractivity contribution in [3.8, 4) is 11.1 Å². The highest BCUT2D eigenvalue weighted by Gasteiger charge is 2.46. The third-order valence-corrected chi connectivity index (χ3v) is 5.49. The molecule has 4 rings (SSSR count). The summed E-state index contributed by atoms with van der Waals surface area (Å²) >= 11 is 0. The van der Waals surface area contributed by atoms with E-state index in [0.717, 1.165) is 49.1 Å². The Morgan fingerprint density at radius 3 is 2.56 bits per heavy atom. The molecule has 0 bridgehead atoms. The number of carbonyl (C=O) groups excluding carboxylic acids is 1. The molecule has 2 aliphatic heterocycles. The number of aromatic nitrogens is 1. The maximum atomic E-state index is 12.7. The first-order valence-electron chi connectivity index (χ1n) is 9.07. The van der Waals surface area contributed by atoms with Crippen molar-refractivity contribution in [2.75, 3.05) is 6.54 Å². The van der Waals surface area contributed by atoms with Gasteiger partial charge in [-0.15, -0.1) is 0 Å². The molecule has 1 aromatic heterocycles. The zero-order valence-electron chi connectivity index (χ0n) is 14.6. The Labute approximate surface area is 155 Å². The summed E-state index contributed by atoms with van der Waals surface area (Å²) in [5.41, 5.74) is 1.14. The lowest BCUT2D eigenvalue weighted by Gasteiger charge is -2.33. The topological polar surface area (TPSA) is 54.0 Å². The lowest BCUT2D eigenvalue weighted by atomic mass is 9.88. The largest absolute Gasteiger partial charge is 0.416 e. The van der Waals surface area contributed by atoms with Crippen molar-refractivity contribution in [2.24, 2.45) is 0 Å². The highest BCUT2D eigenvalue weighted by Crippen LogP contribution is 2.37. The number of rotatable bonds is 2. The van der Waals surface area contributed by atoms with Crippen molar-refractivity contribution in [3.63, 3.8) is 0 Å². The molecule has 3 heterocycles. The smallest absolute Gasteiger partial charge is 0.354 e. The Morgan fingerprint density at radius 2 is 1.85 bits per heavy atom. The zero-order valence-corrected chi connectivity index (χ0v) is 14.6. The lowest BCUT2D eigenvalue weighted by Crippen LogP contribution is -2.57. The fourth-order valence-electron chi connectivity index (χ4n) is 4.01. The Kier molecular flexibility index (Phi) is 4.42. The minimum absolute atomic E-state index is 0.0387. The highest BCUT2D eigenvalue weighted by atomic mass is 19.4. The number of nitrogens with zero attached hydrogens (tertiary/aromatic N) is 1. The predicted molar refractivity (Wildman–Crippen MR) is 94.8 cm³/mol. The molecule has 27 heavy (non-hydrogen) atoms. The van der Waals surface area contributed by atoms with E-state index in [2.05, 4.69) is 15.6 Å². The van der Waals surface area contributed by atoms with Crippen molar-refractivity contribution in [1.29, 1.82) is 0 Å². The standard InChI is InChI=1S/C20H20F3N3O/c21-20(22,23)15-4-2-13(3-5-15)14-7-11-24-17(12-14)16-6-9-19(26-16)8-1-10-25-18(19)27/h2-5,7,11-12,16,26H,1,6,8-10H2,(H,25,27)/t16-,19+/m1/s1. The minimum atomic E-state index is -4.34. The number of hydrogen-bond acceptors (Lipinski definition) is 3. The molecule has 0 saturated carbocycles. The number of hydrogen-bond donors (Lipinski definition) is 2. The number of alkyl halides is 3. The summed E-state index contributed by atoms with van der Waals surface area (Å²) < 4.78 is 38.2. The highest BCUT2D eigenvalue weighted by molar-refractivity contribution is 5.87. The second kappa shape index (κ2) is 6.64. The van der Waals surface area contributed by atoms with Crippen LogP contribution < -0.4 is 10.6 Å². The summed E-state index contributed by atoms with van der Waals surface area (Å²) in [4.78, 5) is 16.7. The van der Waals surface area contributed by atoms with Crippen molar-refractivity contribution in [2.45, 2.75) is 43.4 Å². The van der Waals surface area contributed by atoms with Crippen molar-refractivity contribution < 1.29 is 18.0 Å². The van der Waals surface area contributed by atoms with Gasteiger partial charge in [0.15, 0.2) is 0 Å². The normalized spacial score (nSPS) is 25.6. The first kappa shape index (κ1) is 18.0. The monoisotopic (exact) mass is 375 g/mol. The summed E-state index contributed by atoms with van der Waals surface area (Å²) in [5.74, 6) is 0.0511. The van der Waals surface area contributed by atoms with Crippen molar-refractivity contribution >= 4 is 5.91 Å². The van der Waals surface area contributed by atoms with Gasteiger partial charge in [0, 0.05) is 12.7 Å². The maximum absolute atomic E-state index is 12.7. The van der Waals surface area contributed by atoms with Gasteiger partial charge >= 0.3 is 6.18 Å². The van der Waals surface area contributed by atoms with E-state index >= 15 is 0 Å². The van der Waals surface area contributed by atoms with Gasteiger partial charge in [0.25, 0.3) is 0 Å². The molecule has 2 aromatic rings. The Morgan fingerprint density at radius 1 is 1.07 bits per heavy atom. The molecule has 4 nitrogen and oxygen atoms in total. The molecule has 0 aliphatic carbocycles. The van der Waals surface area contributed by atoms with E-state index < -0.39 is 17.3 Å². The molecule has 2 atom stereocenters. The van der Waals surface area contributed by atoms with Crippen LogP contribution in [-0.2, 0) is 11.0 Å². The van der Waals surface area contributed by atoms with E-state index in [1.807, 2.05) is 6.07 Å². The molecule has 2 aliphatic rings. The molecule has 1 spiro atoms. The fourth-order valence-corrected chi connectivity index (χ4v) is 4.01. The van der Waals surface area contributed by atoms with Gasteiger partial charge in [-0.25, -0.2) is 0 Å². The van der Waals surface area contributed by atoms with E-state index in [4.69, 9.17) is 0 Å². The number of benzene rings is 1. The number of carbonyl (C=O) groups is 1. The minimum Gasteiger partial charge on any atom is -0.354 e.